The first-order valence-corrected chi connectivity index (χ1v) is 11.4. The van der Waals surface area contributed by atoms with Gasteiger partial charge in [-0.3, -0.25) is 9.69 Å². The number of para-hydroxylation sites is 1. The summed E-state index contributed by atoms with van der Waals surface area (Å²) in [5, 5.41) is 3.38. The van der Waals surface area contributed by atoms with Gasteiger partial charge in [0.05, 0.1) is 17.4 Å². The Bertz CT molecular complexity index is 1070. The fourth-order valence-electron chi connectivity index (χ4n) is 3.57. The van der Waals surface area contributed by atoms with Gasteiger partial charge in [0.2, 0.25) is 5.28 Å². The van der Waals surface area contributed by atoms with E-state index in [9.17, 15) is 4.79 Å². The van der Waals surface area contributed by atoms with E-state index >= 15 is 0 Å². The van der Waals surface area contributed by atoms with Gasteiger partial charge in [0.15, 0.2) is 5.82 Å². The van der Waals surface area contributed by atoms with E-state index in [0.29, 0.717) is 23.6 Å². The van der Waals surface area contributed by atoms with Crippen molar-refractivity contribution in [2.45, 2.75) is 53.4 Å². The Balaban J connectivity index is 1.71. The number of amides is 1. The van der Waals surface area contributed by atoms with Crippen molar-refractivity contribution in [3.8, 4) is 0 Å². The van der Waals surface area contributed by atoms with Gasteiger partial charge in [-0.15, -0.1) is 0 Å². The van der Waals surface area contributed by atoms with Crippen LogP contribution in [0.5, 0.6) is 0 Å². The Morgan fingerprint density at radius 3 is 2.44 bits per heavy atom. The standard InChI is InChI=1S/C26H31ClN4O/c1-18(2)9-7-10-19(3)11-8-12-20(4)15-16-31-24-23(17-28-26(27)30-24)29-22-14-6-5-13-21(22)25(31)32/h5-6,9,11,13-15,17,29H,7-8,10,12,16H2,1-4H3/b19-11+,20-15+. The number of benzene rings is 1. The van der Waals surface area contributed by atoms with Gasteiger partial charge in [0.25, 0.3) is 5.91 Å². The number of hydrogen-bond acceptors (Lipinski definition) is 4. The van der Waals surface area contributed by atoms with Gasteiger partial charge in [0, 0.05) is 6.54 Å². The second-order valence-electron chi connectivity index (χ2n) is 8.42. The summed E-state index contributed by atoms with van der Waals surface area (Å²) in [5.74, 6) is 0.381. The Morgan fingerprint density at radius 2 is 1.69 bits per heavy atom. The molecule has 1 aromatic carbocycles. The number of nitrogens with one attached hydrogen (secondary N) is 1. The van der Waals surface area contributed by atoms with Crippen molar-refractivity contribution in [2.24, 2.45) is 0 Å². The van der Waals surface area contributed by atoms with Crippen LogP contribution in [0.2, 0.25) is 5.28 Å². The molecule has 168 valence electrons. The number of carbonyl (C=O) groups is 1. The molecule has 0 bridgehead atoms. The maximum Gasteiger partial charge on any atom is 0.261 e. The molecule has 1 N–H and O–H groups in total. The molecule has 0 saturated heterocycles. The molecule has 1 aromatic heterocycles. The average Bonchev–Trinajstić information content (AvgIpc) is 2.86. The highest BCUT2D eigenvalue weighted by molar-refractivity contribution is 6.28. The first-order valence-electron chi connectivity index (χ1n) is 11.0. The van der Waals surface area contributed by atoms with E-state index in [2.05, 4.69) is 61.2 Å². The van der Waals surface area contributed by atoms with Crippen molar-refractivity contribution in [3.63, 3.8) is 0 Å². The number of carbonyl (C=O) groups excluding carboxylic acids is 1. The van der Waals surface area contributed by atoms with E-state index in [0.717, 1.165) is 31.4 Å². The van der Waals surface area contributed by atoms with Crippen molar-refractivity contribution < 1.29 is 4.79 Å². The monoisotopic (exact) mass is 450 g/mol. The van der Waals surface area contributed by atoms with Gasteiger partial charge in [-0.05, 0) is 77.1 Å². The summed E-state index contributed by atoms with van der Waals surface area (Å²) in [6.07, 6.45) is 12.4. The largest absolute Gasteiger partial charge is 0.351 e. The van der Waals surface area contributed by atoms with Crippen LogP contribution >= 0.6 is 11.6 Å². The van der Waals surface area contributed by atoms with E-state index in [1.54, 1.807) is 11.1 Å². The number of rotatable bonds is 8. The summed E-state index contributed by atoms with van der Waals surface area (Å²) in [7, 11) is 0. The molecule has 5 nitrogen and oxygen atoms in total. The molecule has 2 aromatic rings. The number of nitrogens with zero attached hydrogens (tertiary/aromatic N) is 3. The summed E-state index contributed by atoms with van der Waals surface area (Å²) in [6.45, 7) is 8.99. The first kappa shape index (κ1) is 23.7. The van der Waals surface area contributed by atoms with E-state index in [-0.39, 0.29) is 11.2 Å². The molecule has 1 aliphatic heterocycles. The van der Waals surface area contributed by atoms with Gasteiger partial charge in [-0.2, -0.15) is 4.98 Å². The van der Waals surface area contributed by atoms with Crippen molar-refractivity contribution in [1.29, 1.82) is 0 Å². The van der Waals surface area contributed by atoms with Crippen LogP contribution in [0.3, 0.4) is 0 Å². The lowest BCUT2D eigenvalue weighted by atomic mass is 10.1. The number of aromatic nitrogens is 2. The smallest absolute Gasteiger partial charge is 0.261 e. The number of allylic oxidation sites excluding steroid dienone is 5. The molecule has 0 fully saturated rings. The van der Waals surface area contributed by atoms with Gasteiger partial charge < -0.3 is 5.32 Å². The van der Waals surface area contributed by atoms with Crippen LogP contribution in [-0.4, -0.2) is 22.4 Å². The third-order valence-electron chi connectivity index (χ3n) is 5.41. The van der Waals surface area contributed by atoms with Crippen LogP contribution < -0.4 is 10.2 Å². The molecule has 0 spiro atoms. The second kappa shape index (κ2) is 11.1. The van der Waals surface area contributed by atoms with E-state index < -0.39 is 0 Å². The topological polar surface area (TPSA) is 58.1 Å². The van der Waals surface area contributed by atoms with Gasteiger partial charge >= 0.3 is 0 Å². The van der Waals surface area contributed by atoms with E-state index in [1.807, 2.05) is 24.3 Å². The van der Waals surface area contributed by atoms with Gasteiger partial charge in [-0.1, -0.05) is 47.1 Å². The second-order valence-corrected chi connectivity index (χ2v) is 8.76. The Morgan fingerprint density at radius 1 is 1.00 bits per heavy atom. The molecule has 3 rings (SSSR count). The predicted molar refractivity (Wildman–Crippen MR) is 134 cm³/mol. The fourth-order valence-corrected chi connectivity index (χ4v) is 3.70. The normalized spacial score (nSPS) is 13.8. The van der Waals surface area contributed by atoms with Gasteiger partial charge in [-0.25, -0.2) is 4.98 Å². The van der Waals surface area contributed by atoms with Crippen LogP contribution in [0.15, 0.2) is 65.4 Å². The molecule has 0 atom stereocenters. The SMILES string of the molecule is CC(C)=CCC/C(C)=C/CC/C(C)=C/CN1C(=O)c2ccccc2Nc2cnc(Cl)nc21. The average molecular weight is 451 g/mol. The highest BCUT2D eigenvalue weighted by atomic mass is 35.5. The van der Waals surface area contributed by atoms with E-state index in [4.69, 9.17) is 11.6 Å². The lowest BCUT2D eigenvalue weighted by molar-refractivity contribution is 0.0990. The van der Waals surface area contributed by atoms with Crippen LogP contribution in [0, 0.1) is 0 Å². The zero-order valence-electron chi connectivity index (χ0n) is 19.3. The lowest BCUT2D eigenvalue weighted by Gasteiger charge is -2.20. The minimum atomic E-state index is -0.110. The maximum atomic E-state index is 13.3. The van der Waals surface area contributed by atoms with E-state index in [1.165, 1.54) is 16.7 Å². The van der Waals surface area contributed by atoms with Crippen molar-refractivity contribution in [1.82, 2.24) is 9.97 Å². The first-order chi connectivity index (χ1) is 15.3. The molecule has 1 amide bonds. The number of halogens is 1. The third-order valence-corrected chi connectivity index (χ3v) is 5.59. The number of anilines is 3. The molecule has 0 unspecified atom stereocenters. The zero-order valence-corrected chi connectivity index (χ0v) is 20.0. The molecule has 0 saturated carbocycles. The summed E-state index contributed by atoms with van der Waals surface area (Å²) < 4.78 is 0. The van der Waals surface area contributed by atoms with Gasteiger partial charge in [0.1, 0.15) is 5.69 Å². The summed E-state index contributed by atoms with van der Waals surface area (Å²) in [4.78, 5) is 23.4. The van der Waals surface area contributed by atoms with Crippen LogP contribution in [0.1, 0.15) is 63.7 Å². The molecular formula is C26H31ClN4O. The highest BCUT2D eigenvalue weighted by Crippen LogP contribution is 2.34. The third kappa shape index (κ3) is 6.30. The van der Waals surface area contributed by atoms with Crippen LogP contribution in [-0.2, 0) is 0 Å². The summed E-state index contributed by atoms with van der Waals surface area (Å²) in [6, 6.07) is 7.45. The minimum Gasteiger partial charge on any atom is -0.351 e. The summed E-state index contributed by atoms with van der Waals surface area (Å²) >= 11 is 6.06. The molecule has 1 aliphatic rings. The van der Waals surface area contributed by atoms with Crippen LogP contribution in [0.25, 0.3) is 0 Å². The lowest BCUT2D eigenvalue weighted by Crippen LogP contribution is -2.31. The number of fused-ring (bicyclic) bond motifs is 2. The molecule has 0 aliphatic carbocycles. The zero-order chi connectivity index (χ0) is 23.1. The molecule has 2 heterocycles. The minimum absolute atomic E-state index is 0.110. The van der Waals surface area contributed by atoms with Crippen molar-refractivity contribution >= 4 is 34.7 Å². The maximum absolute atomic E-state index is 13.3. The number of hydrogen-bond donors (Lipinski definition) is 1. The summed E-state index contributed by atoms with van der Waals surface area (Å²) in [5.41, 5.74) is 6.02. The Kier molecular flexibility index (Phi) is 8.23. The van der Waals surface area contributed by atoms with Crippen molar-refractivity contribution in [3.05, 3.63) is 76.3 Å². The fraction of sp³-hybridized carbons (Fsp3) is 0.346. The quantitative estimate of drug-likeness (QED) is 0.339. The predicted octanol–water partition coefficient (Wildman–Crippen LogP) is 7.25. The van der Waals surface area contributed by atoms with Crippen molar-refractivity contribution in [2.75, 3.05) is 16.8 Å². The molecule has 32 heavy (non-hydrogen) atoms. The Labute approximate surface area is 195 Å². The molecule has 0 radical (unpaired) electrons. The van der Waals surface area contributed by atoms with Crippen LogP contribution in [0.4, 0.5) is 17.2 Å². The Hall–Kier alpha value is -2.92. The molecular weight excluding hydrogens is 420 g/mol. The highest BCUT2D eigenvalue weighted by Gasteiger charge is 2.27. The molecule has 6 heteroatoms.